The molecule has 3 heteroatoms. The van der Waals surface area contributed by atoms with E-state index in [0.717, 1.165) is 11.1 Å². The lowest BCUT2D eigenvalue weighted by Crippen LogP contribution is -2.20. The Morgan fingerprint density at radius 1 is 1.10 bits per heavy atom. The van der Waals surface area contributed by atoms with Crippen LogP contribution in [0.25, 0.3) is 0 Å². The molecule has 1 N–H and O–H groups in total. The van der Waals surface area contributed by atoms with Gasteiger partial charge in [-0.25, -0.2) is 0 Å². The number of hydrogen-bond acceptors (Lipinski definition) is 3. The molecular weight excluding hydrogens is 252 g/mol. The van der Waals surface area contributed by atoms with Crippen LogP contribution in [0.1, 0.15) is 39.6 Å². The first-order valence-electron chi connectivity index (χ1n) is 6.64. The molecule has 0 radical (unpaired) electrons. The summed E-state index contributed by atoms with van der Waals surface area (Å²) in [6.07, 6.45) is -0.0241. The lowest BCUT2D eigenvalue weighted by molar-refractivity contribution is 0.0845. The van der Waals surface area contributed by atoms with Crippen molar-refractivity contribution in [3.05, 3.63) is 58.7 Å². The van der Waals surface area contributed by atoms with E-state index < -0.39 is 0 Å². The van der Waals surface area contributed by atoms with Gasteiger partial charge in [-0.3, -0.25) is 4.79 Å². The molecule has 0 saturated carbocycles. The molecule has 0 unspecified atom stereocenters. The number of carbonyl (C=O) groups is 1. The molecule has 0 saturated heterocycles. The first-order valence-corrected chi connectivity index (χ1v) is 6.64. The van der Waals surface area contributed by atoms with E-state index in [0.29, 0.717) is 11.3 Å². The van der Waals surface area contributed by atoms with Crippen molar-refractivity contribution in [1.29, 1.82) is 0 Å². The number of hydrogen-bond donors (Lipinski definition) is 1. The second kappa shape index (κ2) is 4.67. The summed E-state index contributed by atoms with van der Waals surface area (Å²) in [5.41, 5.74) is 3.33. The van der Waals surface area contributed by atoms with Crippen molar-refractivity contribution in [3.63, 3.8) is 0 Å². The minimum Gasteiger partial charge on any atom is -0.507 e. The largest absolute Gasteiger partial charge is 0.507 e. The Bertz CT molecular complexity index is 671. The van der Waals surface area contributed by atoms with Crippen LogP contribution in [0.2, 0.25) is 0 Å². The molecule has 0 bridgehead atoms. The van der Waals surface area contributed by atoms with Gasteiger partial charge in [-0.2, -0.15) is 0 Å². The number of carbonyl (C=O) groups excluding carboxylic acids is 1. The maximum absolute atomic E-state index is 12.2. The molecule has 1 atom stereocenters. The fraction of sp³-hybridized carbons (Fsp3) is 0.235. The van der Waals surface area contributed by atoms with Crippen molar-refractivity contribution in [2.75, 3.05) is 0 Å². The fourth-order valence-electron chi connectivity index (χ4n) is 2.54. The highest BCUT2D eigenvalue weighted by atomic mass is 16.5. The Hall–Kier alpha value is -2.29. The molecule has 2 aromatic rings. The van der Waals surface area contributed by atoms with Crippen molar-refractivity contribution in [2.45, 2.75) is 26.4 Å². The van der Waals surface area contributed by atoms with E-state index in [1.807, 2.05) is 38.1 Å². The van der Waals surface area contributed by atoms with Crippen molar-refractivity contribution in [3.8, 4) is 11.5 Å². The van der Waals surface area contributed by atoms with E-state index in [9.17, 15) is 9.90 Å². The number of aromatic hydroxyl groups is 1. The van der Waals surface area contributed by atoms with Crippen LogP contribution < -0.4 is 4.74 Å². The second-order valence-electron chi connectivity index (χ2n) is 5.30. The lowest BCUT2D eigenvalue weighted by Gasteiger charge is -2.26. The van der Waals surface area contributed by atoms with Gasteiger partial charge in [0.05, 0.1) is 6.42 Å². The standard InChI is InChI=1S/C17H16O3/c1-10-3-5-12(6-4-10)15-9-14(19)17-13(18)7-11(2)8-16(17)20-15/h3-8,15,18H,9H2,1-2H3/t15-/m1/s1. The number of ether oxygens (including phenoxy) is 1. The zero-order valence-electron chi connectivity index (χ0n) is 11.5. The van der Waals surface area contributed by atoms with Gasteiger partial charge in [0.25, 0.3) is 0 Å². The Morgan fingerprint density at radius 3 is 2.50 bits per heavy atom. The van der Waals surface area contributed by atoms with Gasteiger partial charge in [-0.15, -0.1) is 0 Å². The van der Waals surface area contributed by atoms with E-state index in [1.165, 1.54) is 5.56 Å². The zero-order valence-corrected chi connectivity index (χ0v) is 11.5. The number of rotatable bonds is 1. The molecule has 1 aliphatic rings. The summed E-state index contributed by atoms with van der Waals surface area (Å²) >= 11 is 0. The summed E-state index contributed by atoms with van der Waals surface area (Å²) in [6, 6.07) is 11.4. The van der Waals surface area contributed by atoms with Gasteiger partial charge in [0.2, 0.25) is 0 Å². The zero-order chi connectivity index (χ0) is 14.3. The van der Waals surface area contributed by atoms with E-state index in [1.54, 1.807) is 12.1 Å². The van der Waals surface area contributed by atoms with Crippen molar-refractivity contribution in [2.24, 2.45) is 0 Å². The topological polar surface area (TPSA) is 46.5 Å². The average Bonchev–Trinajstić information content (AvgIpc) is 2.38. The van der Waals surface area contributed by atoms with Gasteiger partial charge < -0.3 is 9.84 Å². The summed E-state index contributed by atoms with van der Waals surface area (Å²) < 4.78 is 5.91. The number of benzene rings is 2. The van der Waals surface area contributed by atoms with E-state index in [4.69, 9.17) is 4.74 Å². The Morgan fingerprint density at radius 2 is 1.80 bits per heavy atom. The molecule has 0 spiro atoms. The Balaban J connectivity index is 2.00. The van der Waals surface area contributed by atoms with Gasteiger partial charge >= 0.3 is 0 Å². The third-order valence-electron chi connectivity index (χ3n) is 3.59. The minimum atomic E-state index is -0.281. The first-order chi connectivity index (χ1) is 9.54. The minimum absolute atomic E-state index is 0.00681. The van der Waals surface area contributed by atoms with Crippen LogP contribution >= 0.6 is 0 Å². The van der Waals surface area contributed by atoms with Gasteiger partial charge in [0.15, 0.2) is 5.78 Å². The Labute approximate surface area is 117 Å². The number of phenolic OH excluding ortho intramolecular Hbond substituents is 1. The predicted molar refractivity (Wildman–Crippen MR) is 76.3 cm³/mol. The summed E-state index contributed by atoms with van der Waals surface area (Å²) in [5.74, 6) is 0.408. The second-order valence-corrected chi connectivity index (χ2v) is 5.30. The van der Waals surface area contributed by atoms with Gasteiger partial charge in [-0.05, 0) is 37.1 Å². The lowest BCUT2D eigenvalue weighted by atomic mass is 9.94. The van der Waals surface area contributed by atoms with Crippen LogP contribution in [0, 0.1) is 13.8 Å². The molecule has 102 valence electrons. The molecular formula is C17H16O3. The molecule has 1 heterocycles. The molecule has 0 aliphatic carbocycles. The van der Waals surface area contributed by atoms with Gasteiger partial charge in [0.1, 0.15) is 23.2 Å². The van der Waals surface area contributed by atoms with Crippen molar-refractivity contribution < 1.29 is 14.6 Å². The summed E-state index contributed by atoms with van der Waals surface area (Å²) in [6.45, 7) is 3.89. The summed E-state index contributed by atoms with van der Waals surface area (Å²) in [5, 5.41) is 9.90. The highest BCUT2D eigenvalue weighted by Gasteiger charge is 2.30. The molecule has 0 amide bonds. The van der Waals surface area contributed by atoms with Crippen LogP contribution in [0.5, 0.6) is 11.5 Å². The number of aryl methyl sites for hydroxylation is 2. The van der Waals surface area contributed by atoms with Crippen molar-refractivity contribution >= 4 is 5.78 Å². The Kier molecular flexibility index (Phi) is 2.97. The van der Waals surface area contributed by atoms with Gasteiger partial charge in [0, 0.05) is 0 Å². The molecule has 2 aromatic carbocycles. The van der Waals surface area contributed by atoms with Crippen LogP contribution in [-0.4, -0.2) is 10.9 Å². The quantitative estimate of drug-likeness (QED) is 0.857. The highest BCUT2D eigenvalue weighted by molar-refractivity contribution is 6.02. The number of phenols is 1. The molecule has 3 rings (SSSR count). The third-order valence-corrected chi connectivity index (χ3v) is 3.59. The maximum Gasteiger partial charge on any atom is 0.174 e. The highest BCUT2D eigenvalue weighted by Crippen LogP contribution is 2.39. The number of fused-ring (bicyclic) bond motifs is 1. The smallest absolute Gasteiger partial charge is 0.174 e. The van der Waals surface area contributed by atoms with E-state index in [2.05, 4.69) is 0 Å². The number of ketones is 1. The predicted octanol–water partition coefficient (Wildman–Crippen LogP) is 3.72. The SMILES string of the molecule is Cc1ccc([C@H]2CC(=O)c3c(O)cc(C)cc3O2)cc1. The molecule has 20 heavy (non-hydrogen) atoms. The molecule has 0 fully saturated rings. The van der Waals surface area contributed by atoms with Crippen LogP contribution in [0.4, 0.5) is 0 Å². The van der Waals surface area contributed by atoms with Crippen LogP contribution in [-0.2, 0) is 0 Å². The fourth-order valence-corrected chi connectivity index (χ4v) is 2.54. The molecule has 0 aromatic heterocycles. The number of Topliss-reactive ketones (excluding diaryl/α,β-unsaturated/α-hetero) is 1. The monoisotopic (exact) mass is 268 g/mol. The summed E-state index contributed by atoms with van der Waals surface area (Å²) in [4.78, 5) is 12.2. The first kappa shape index (κ1) is 12.7. The summed E-state index contributed by atoms with van der Waals surface area (Å²) in [7, 11) is 0. The van der Waals surface area contributed by atoms with Crippen LogP contribution in [0.15, 0.2) is 36.4 Å². The van der Waals surface area contributed by atoms with Crippen LogP contribution in [0.3, 0.4) is 0 Å². The average molecular weight is 268 g/mol. The maximum atomic E-state index is 12.2. The normalized spacial score (nSPS) is 17.5. The van der Waals surface area contributed by atoms with E-state index >= 15 is 0 Å². The molecule has 1 aliphatic heterocycles. The third kappa shape index (κ3) is 2.16. The van der Waals surface area contributed by atoms with E-state index in [-0.39, 0.29) is 24.1 Å². The van der Waals surface area contributed by atoms with Crippen molar-refractivity contribution in [1.82, 2.24) is 0 Å². The van der Waals surface area contributed by atoms with Gasteiger partial charge in [-0.1, -0.05) is 29.8 Å². The molecule has 3 nitrogen and oxygen atoms in total.